The smallest absolute Gasteiger partial charge is 0.226 e. The average Bonchev–Trinajstić information content (AvgIpc) is 3.24. The molecular formula is C20H28N2O4. The van der Waals surface area contributed by atoms with Crippen LogP contribution in [0.15, 0.2) is 24.3 Å². The molecule has 6 heteroatoms. The Balaban J connectivity index is 1.50. The van der Waals surface area contributed by atoms with Crippen LogP contribution >= 0.6 is 0 Å². The number of aliphatic hydroxyl groups excluding tert-OH is 1. The first-order valence-corrected chi connectivity index (χ1v) is 9.58. The molecule has 142 valence electrons. The Hall–Kier alpha value is -1.63. The third kappa shape index (κ3) is 2.80. The topological polar surface area (TPSA) is 62.2 Å². The highest BCUT2D eigenvalue weighted by Crippen LogP contribution is 2.49. The molecule has 0 radical (unpaired) electrons. The molecule has 6 nitrogen and oxygen atoms in total. The van der Waals surface area contributed by atoms with Crippen molar-refractivity contribution in [2.24, 2.45) is 5.92 Å². The fourth-order valence-corrected chi connectivity index (χ4v) is 4.78. The Morgan fingerprint density at radius 2 is 2.27 bits per heavy atom. The molecule has 1 aromatic rings. The second-order valence-corrected chi connectivity index (χ2v) is 7.89. The van der Waals surface area contributed by atoms with Crippen molar-refractivity contribution in [1.82, 2.24) is 9.80 Å². The van der Waals surface area contributed by atoms with Crippen LogP contribution < -0.4 is 4.74 Å². The number of nitrogens with zero attached hydrogens (tertiary/aromatic N) is 2. The predicted octanol–water partition coefficient (Wildman–Crippen LogP) is 1.62. The van der Waals surface area contributed by atoms with Gasteiger partial charge in [-0.05, 0) is 23.6 Å². The first kappa shape index (κ1) is 17.8. The third-order valence-electron chi connectivity index (χ3n) is 6.01. The summed E-state index contributed by atoms with van der Waals surface area (Å²) < 4.78 is 11.8. The molecule has 1 N–H and O–H groups in total. The number of rotatable bonds is 6. The van der Waals surface area contributed by atoms with E-state index >= 15 is 0 Å². The van der Waals surface area contributed by atoms with E-state index in [1.54, 1.807) is 0 Å². The van der Waals surface area contributed by atoms with Crippen LogP contribution in [0.5, 0.6) is 5.75 Å². The molecule has 1 amide bonds. The number of amides is 1. The van der Waals surface area contributed by atoms with Crippen LogP contribution in [0.25, 0.3) is 0 Å². The van der Waals surface area contributed by atoms with Crippen molar-refractivity contribution in [2.75, 3.05) is 26.4 Å². The number of carbonyl (C=O) groups is 1. The van der Waals surface area contributed by atoms with Gasteiger partial charge < -0.3 is 19.5 Å². The minimum atomic E-state index is -0.420. The lowest BCUT2D eigenvalue weighted by atomic mass is 10.0. The highest BCUT2D eigenvalue weighted by Gasteiger charge is 2.64. The summed E-state index contributed by atoms with van der Waals surface area (Å²) in [6, 6.07) is 8.29. The number of aliphatic hydroxyl groups is 1. The van der Waals surface area contributed by atoms with E-state index in [1.165, 1.54) is 0 Å². The highest BCUT2D eigenvalue weighted by molar-refractivity contribution is 5.82. The minimum Gasteiger partial charge on any atom is -0.491 e. The standard InChI is InChI=1S/C20H28N2O4/c1-14(2)17-13-26-20-6-7-21(18(20)11-19(24)22(17)20)12-15-4-3-5-16(10-15)25-9-8-23/h3-5,10,14,17-18,23H,6-9,11-13H2,1-2H3/t17-,18+,20-/m0/s1. The van der Waals surface area contributed by atoms with Crippen molar-refractivity contribution >= 4 is 5.91 Å². The summed E-state index contributed by atoms with van der Waals surface area (Å²) in [4.78, 5) is 17.2. The van der Waals surface area contributed by atoms with Gasteiger partial charge in [0.1, 0.15) is 12.4 Å². The maximum atomic E-state index is 12.7. The Kier molecular flexibility index (Phi) is 4.67. The third-order valence-corrected chi connectivity index (χ3v) is 6.01. The molecule has 3 atom stereocenters. The fraction of sp³-hybridized carbons (Fsp3) is 0.650. The number of hydrogen-bond donors (Lipinski definition) is 1. The summed E-state index contributed by atoms with van der Waals surface area (Å²) in [5, 5.41) is 8.92. The van der Waals surface area contributed by atoms with E-state index in [0.29, 0.717) is 25.6 Å². The summed E-state index contributed by atoms with van der Waals surface area (Å²) >= 11 is 0. The van der Waals surface area contributed by atoms with Crippen molar-refractivity contribution in [3.63, 3.8) is 0 Å². The zero-order chi connectivity index (χ0) is 18.3. The van der Waals surface area contributed by atoms with Crippen molar-refractivity contribution in [3.8, 4) is 5.75 Å². The van der Waals surface area contributed by atoms with Crippen molar-refractivity contribution in [1.29, 1.82) is 0 Å². The van der Waals surface area contributed by atoms with Crippen LogP contribution in [0, 0.1) is 5.92 Å². The lowest BCUT2D eigenvalue weighted by Gasteiger charge is -2.34. The van der Waals surface area contributed by atoms with E-state index in [2.05, 4.69) is 29.7 Å². The highest BCUT2D eigenvalue weighted by atomic mass is 16.5. The largest absolute Gasteiger partial charge is 0.491 e. The molecule has 3 aliphatic heterocycles. The van der Waals surface area contributed by atoms with E-state index in [9.17, 15) is 4.79 Å². The summed E-state index contributed by atoms with van der Waals surface area (Å²) in [5.41, 5.74) is 0.735. The van der Waals surface area contributed by atoms with Gasteiger partial charge in [-0.3, -0.25) is 9.69 Å². The summed E-state index contributed by atoms with van der Waals surface area (Å²) in [6.45, 7) is 7.00. The van der Waals surface area contributed by atoms with Crippen LogP contribution in [-0.2, 0) is 16.1 Å². The Morgan fingerprint density at radius 3 is 3.04 bits per heavy atom. The van der Waals surface area contributed by atoms with Crippen molar-refractivity contribution in [2.45, 2.75) is 51.0 Å². The first-order chi connectivity index (χ1) is 12.5. The second-order valence-electron chi connectivity index (χ2n) is 7.89. The molecule has 3 aliphatic rings. The number of likely N-dealkylation sites (tertiary alicyclic amines) is 1. The van der Waals surface area contributed by atoms with Gasteiger partial charge in [0.05, 0.1) is 25.3 Å². The monoisotopic (exact) mass is 360 g/mol. The second kappa shape index (κ2) is 6.83. The summed E-state index contributed by atoms with van der Waals surface area (Å²) in [5.74, 6) is 1.41. The van der Waals surface area contributed by atoms with Gasteiger partial charge in [-0.15, -0.1) is 0 Å². The zero-order valence-corrected chi connectivity index (χ0v) is 15.6. The Morgan fingerprint density at radius 1 is 1.42 bits per heavy atom. The molecule has 0 unspecified atom stereocenters. The van der Waals surface area contributed by atoms with Gasteiger partial charge >= 0.3 is 0 Å². The SMILES string of the molecule is CC(C)[C@@H]1CO[C@@]23CCN(Cc4cccc(OCCO)c4)[C@@H]2CC(=O)N13. The lowest BCUT2D eigenvalue weighted by Crippen LogP contribution is -2.50. The van der Waals surface area contributed by atoms with Crippen LogP contribution in [0.1, 0.15) is 32.3 Å². The Bertz CT molecular complexity index is 680. The number of benzene rings is 1. The number of carbonyl (C=O) groups excluding carboxylic acids is 1. The van der Waals surface area contributed by atoms with Crippen molar-refractivity contribution in [3.05, 3.63) is 29.8 Å². The van der Waals surface area contributed by atoms with E-state index in [0.717, 1.165) is 30.8 Å². The van der Waals surface area contributed by atoms with Gasteiger partial charge in [0.25, 0.3) is 0 Å². The first-order valence-electron chi connectivity index (χ1n) is 9.58. The molecule has 3 heterocycles. The Labute approximate surface area is 154 Å². The van der Waals surface area contributed by atoms with E-state index < -0.39 is 5.72 Å². The molecule has 0 aromatic heterocycles. The molecular weight excluding hydrogens is 332 g/mol. The normalized spacial score (nSPS) is 30.9. The van der Waals surface area contributed by atoms with Crippen LogP contribution in [0.4, 0.5) is 0 Å². The molecule has 0 saturated carbocycles. The van der Waals surface area contributed by atoms with E-state index in [4.69, 9.17) is 14.6 Å². The molecule has 0 aliphatic carbocycles. The lowest BCUT2D eigenvalue weighted by molar-refractivity contribution is -0.139. The van der Waals surface area contributed by atoms with Gasteiger partial charge in [-0.25, -0.2) is 0 Å². The molecule has 4 rings (SSSR count). The molecule has 1 aromatic carbocycles. The van der Waals surface area contributed by atoms with E-state index in [1.807, 2.05) is 18.2 Å². The maximum absolute atomic E-state index is 12.7. The predicted molar refractivity (Wildman–Crippen MR) is 96.6 cm³/mol. The summed E-state index contributed by atoms with van der Waals surface area (Å²) in [7, 11) is 0. The van der Waals surface area contributed by atoms with E-state index in [-0.39, 0.29) is 24.6 Å². The molecule has 26 heavy (non-hydrogen) atoms. The number of hydrogen-bond acceptors (Lipinski definition) is 5. The van der Waals surface area contributed by atoms with Gasteiger partial charge in [-0.2, -0.15) is 0 Å². The fourth-order valence-electron chi connectivity index (χ4n) is 4.78. The zero-order valence-electron chi connectivity index (χ0n) is 15.6. The van der Waals surface area contributed by atoms with Gasteiger partial charge in [0, 0.05) is 25.9 Å². The molecule has 0 bridgehead atoms. The molecule has 3 saturated heterocycles. The van der Waals surface area contributed by atoms with Gasteiger partial charge in [-0.1, -0.05) is 26.0 Å². The van der Waals surface area contributed by atoms with Gasteiger partial charge in [0.15, 0.2) is 5.72 Å². The van der Waals surface area contributed by atoms with Gasteiger partial charge in [0.2, 0.25) is 5.91 Å². The average molecular weight is 360 g/mol. The summed E-state index contributed by atoms with van der Waals surface area (Å²) in [6.07, 6.45) is 1.43. The van der Waals surface area contributed by atoms with Crippen LogP contribution in [-0.4, -0.2) is 65.0 Å². The van der Waals surface area contributed by atoms with Crippen molar-refractivity contribution < 1.29 is 19.4 Å². The quantitative estimate of drug-likeness (QED) is 0.835. The number of ether oxygens (including phenoxy) is 2. The van der Waals surface area contributed by atoms with Crippen LogP contribution in [0.2, 0.25) is 0 Å². The minimum absolute atomic E-state index is 0.00719. The maximum Gasteiger partial charge on any atom is 0.226 e. The van der Waals surface area contributed by atoms with Crippen LogP contribution in [0.3, 0.4) is 0 Å². The molecule has 1 spiro atoms. The molecule has 3 fully saturated rings.